The normalized spacial score (nSPS) is 28.3. The van der Waals surface area contributed by atoms with Crippen molar-refractivity contribution in [3.8, 4) is 0 Å². The molecular formula is C29H40F2N4O3S3. The Bertz CT molecular complexity index is 1120. The molecule has 41 heavy (non-hydrogen) atoms. The van der Waals surface area contributed by atoms with E-state index in [4.69, 9.17) is 17.2 Å². The minimum Gasteiger partial charge on any atom is -0.348 e. The standard InChI is InChI=1S/C29H40F2N4O3S3/c1-29(30,31)20-6-4-5-19(15-20)21-7-2-3-8-22(21)32-26(38)23-16-40-27(33-23)18-9-12-34(13-10-18)24(36)11-14-35-25(37)17-41-28(35)39/h16,18-22H,2-15,17H2,1H3,(H,32,38). The zero-order valence-corrected chi connectivity index (χ0v) is 26.1. The van der Waals surface area contributed by atoms with Crippen molar-refractivity contribution in [3.63, 3.8) is 0 Å². The van der Waals surface area contributed by atoms with Crippen LogP contribution < -0.4 is 5.32 Å². The monoisotopic (exact) mass is 626 g/mol. The Morgan fingerprint density at radius 2 is 1.88 bits per heavy atom. The van der Waals surface area contributed by atoms with Crippen LogP contribution in [0.2, 0.25) is 0 Å². The maximum absolute atomic E-state index is 14.1. The van der Waals surface area contributed by atoms with E-state index >= 15 is 0 Å². The Hall–Kier alpha value is -1.66. The molecule has 2 saturated heterocycles. The molecule has 4 aliphatic rings. The smallest absolute Gasteiger partial charge is 0.270 e. The number of thioether (sulfide) groups is 1. The van der Waals surface area contributed by atoms with Crippen LogP contribution in [0.5, 0.6) is 0 Å². The molecule has 0 bridgehead atoms. The summed E-state index contributed by atoms with van der Waals surface area (Å²) >= 11 is 8.04. The molecule has 3 amide bonds. The predicted molar refractivity (Wildman–Crippen MR) is 161 cm³/mol. The molecule has 2 aliphatic carbocycles. The molecule has 0 spiro atoms. The highest BCUT2D eigenvalue weighted by Crippen LogP contribution is 2.45. The lowest BCUT2D eigenvalue weighted by Crippen LogP contribution is -2.46. The lowest BCUT2D eigenvalue weighted by molar-refractivity contribution is -0.132. The van der Waals surface area contributed by atoms with Crippen LogP contribution >= 0.6 is 35.3 Å². The van der Waals surface area contributed by atoms with Gasteiger partial charge in [-0.15, -0.1) is 11.3 Å². The van der Waals surface area contributed by atoms with Crippen molar-refractivity contribution in [1.82, 2.24) is 20.1 Å². The highest BCUT2D eigenvalue weighted by atomic mass is 32.2. The van der Waals surface area contributed by atoms with Crippen LogP contribution in [0.4, 0.5) is 8.78 Å². The van der Waals surface area contributed by atoms with Crippen LogP contribution in [-0.2, 0) is 9.59 Å². The molecule has 4 unspecified atom stereocenters. The Morgan fingerprint density at radius 3 is 2.59 bits per heavy atom. The van der Waals surface area contributed by atoms with Crippen molar-refractivity contribution < 1.29 is 23.2 Å². The van der Waals surface area contributed by atoms with Crippen molar-refractivity contribution in [3.05, 3.63) is 16.1 Å². The molecule has 2 aliphatic heterocycles. The summed E-state index contributed by atoms with van der Waals surface area (Å²) in [6.07, 6.45) is 8.78. The number of hydrogen-bond donors (Lipinski definition) is 1. The van der Waals surface area contributed by atoms with Crippen LogP contribution in [0.3, 0.4) is 0 Å². The third-order valence-corrected chi connectivity index (χ3v) is 12.0. The number of rotatable bonds is 8. The second-order valence-corrected chi connectivity index (χ2v) is 14.7. The Labute approximate surface area is 254 Å². The minimum atomic E-state index is -2.64. The Kier molecular flexibility index (Phi) is 10.0. The quantitative estimate of drug-likeness (QED) is 0.365. The summed E-state index contributed by atoms with van der Waals surface area (Å²) in [7, 11) is 0. The maximum atomic E-state index is 14.1. The highest BCUT2D eigenvalue weighted by Gasteiger charge is 2.42. The number of alkyl halides is 2. The third kappa shape index (κ3) is 7.47. The fourth-order valence-corrected chi connectivity index (χ4v) is 9.23. The van der Waals surface area contributed by atoms with E-state index < -0.39 is 11.8 Å². The summed E-state index contributed by atoms with van der Waals surface area (Å²) in [6, 6.07) is 0.00804. The zero-order valence-electron chi connectivity index (χ0n) is 23.6. The van der Waals surface area contributed by atoms with E-state index in [-0.39, 0.29) is 47.9 Å². The molecule has 1 N–H and O–H groups in total. The van der Waals surface area contributed by atoms with Crippen LogP contribution in [0, 0.1) is 17.8 Å². The summed E-state index contributed by atoms with van der Waals surface area (Å²) < 4.78 is 28.7. The van der Waals surface area contributed by atoms with Crippen molar-refractivity contribution >= 4 is 57.4 Å². The summed E-state index contributed by atoms with van der Waals surface area (Å²) in [5.41, 5.74) is 0.429. The van der Waals surface area contributed by atoms with Crippen molar-refractivity contribution in [2.24, 2.45) is 17.8 Å². The first-order valence-electron chi connectivity index (χ1n) is 15.0. The number of thiocarbonyl (C=S) groups is 1. The average molecular weight is 627 g/mol. The van der Waals surface area contributed by atoms with Gasteiger partial charge < -0.3 is 10.2 Å². The van der Waals surface area contributed by atoms with E-state index in [1.54, 1.807) is 0 Å². The number of carbonyl (C=O) groups is 3. The van der Waals surface area contributed by atoms with Gasteiger partial charge in [0.25, 0.3) is 5.91 Å². The molecule has 7 nitrogen and oxygen atoms in total. The second-order valence-electron chi connectivity index (χ2n) is 12.2. The first-order chi connectivity index (χ1) is 19.6. The van der Waals surface area contributed by atoms with Crippen LogP contribution in [0.1, 0.15) is 99.0 Å². The van der Waals surface area contributed by atoms with Gasteiger partial charge in [0.2, 0.25) is 17.7 Å². The van der Waals surface area contributed by atoms with E-state index in [0.717, 1.165) is 63.3 Å². The summed E-state index contributed by atoms with van der Waals surface area (Å²) in [5.74, 6) is -2.34. The molecule has 1 aromatic rings. The topological polar surface area (TPSA) is 82.6 Å². The number of halogens is 2. The van der Waals surface area contributed by atoms with Crippen LogP contribution in [-0.4, -0.2) is 74.2 Å². The van der Waals surface area contributed by atoms with Gasteiger partial charge in [-0.3, -0.25) is 19.3 Å². The molecule has 0 aromatic carbocycles. The molecule has 4 fully saturated rings. The molecule has 3 heterocycles. The summed E-state index contributed by atoms with van der Waals surface area (Å²) in [4.78, 5) is 46.0. The van der Waals surface area contributed by atoms with E-state index in [1.807, 2.05) is 10.3 Å². The number of hydrogen-bond acceptors (Lipinski definition) is 7. The van der Waals surface area contributed by atoms with Crippen molar-refractivity contribution in [1.29, 1.82) is 0 Å². The number of carbonyl (C=O) groups excluding carboxylic acids is 3. The summed E-state index contributed by atoms with van der Waals surface area (Å²) in [6.45, 7) is 2.64. The van der Waals surface area contributed by atoms with Crippen LogP contribution in [0.15, 0.2) is 5.38 Å². The van der Waals surface area contributed by atoms with Crippen molar-refractivity contribution in [2.45, 2.75) is 95.4 Å². The van der Waals surface area contributed by atoms with Gasteiger partial charge in [0.15, 0.2) is 0 Å². The van der Waals surface area contributed by atoms with E-state index in [0.29, 0.717) is 48.2 Å². The van der Waals surface area contributed by atoms with E-state index in [2.05, 4.69) is 5.32 Å². The van der Waals surface area contributed by atoms with E-state index in [9.17, 15) is 23.2 Å². The molecule has 0 radical (unpaired) electrons. The van der Waals surface area contributed by atoms with Crippen LogP contribution in [0.25, 0.3) is 0 Å². The van der Waals surface area contributed by atoms with Gasteiger partial charge in [-0.2, -0.15) is 0 Å². The molecular weight excluding hydrogens is 587 g/mol. The first kappa shape index (κ1) is 30.8. The largest absolute Gasteiger partial charge is 0.348 e. The number of nitrogens with one attached hydrogen (secondary N) is 1. The maximum Gasteiger partial charge on any atom is 0.270 e. The van der Waals surface area contributed by atoms with Gasteiger partial charge in [-0.1, -0.05) is 49.7 Å². The predicted octanol–water partition coefficient (Wildman–Crippen LogP) is 5.85. The minimum absolute atomic E-state index is 0.00804. The molecule has 12 heteroatoms. The third-order valence-electron chi connectivity index (χ3n) is 9.51. The molecule has 226 valence electrons. The number of likely N-dealkylation sites (tertiary alicyclic amines) is 1. The molecule has 2 saturated carbocycles. The number of aromatic nitrogens is 1. The number of thiazole rings is 1. The Balaban J connectivity index is 1.11. The number of amides is 3. The van der Waals surface area contributed by atoms with Gasteiger partial charge in [-0.05, 0) is 57.3 Å². The molecule has 5 rings (SSSR count). The average Bonchev–Trinajstić information content (AvgIpc) is 3.58. The lowest BCUT2D eigenvalue weighted by Gasteiger charge is -2.42. The lowest BCUT2D eigenvalue weighted by atomic mass is 9.67. The fraction of sp³-hybridized carbons (Fsp3) is 0.759. The highest BCUT2D eigenvalue weighted by molar-refractivity contribution is 8.23. The fourth-order valence-electron chi connectivity index (χ4n) is 7.14. The van der Waals surface area contributed by atoms with Gasteiger partial charge >= 0.3 is 0 Å². The van der Waals surface area contributed by atoms with Gasteiger partial charge in [0, 0.05) is 49.3 Å². The number of nitrogens with zero attached hydrogens (tertiary/aromatic N) is 3. The van der Waals surface area contributed by atoms with E-state index in [1.165, 1.54) is 28.0 Å². The molecule has 4 atom stereocenters. The zero-order chi connectivity index (χ0) is 29.1. The Morgan fingerprint density at radius 1 is 1.12 bits per heavy atom. The first-order valence-corrected chi connectivity index (χ1v) is 17.3. The summed E-state index contributed by atoms with van der Waals surface area (Å²) in [5, 5.41) is 5.99. The second kappa shape index (κ2) is 13.3. The molecule has 1 aromatic heterocycles. The SMILES string of the molecule is CC(F)(F)C1CCCC(C2CCCCC2NC(=O)c2csc(C3CCN(C(=O)CCN4C(=O)CSC4=S)CC3)n2)C1. The number of piperidine rings is 1. The van der Waals surface area contributed by atoms with Gasteiger partial charge in [0.05, 0.1) is 10.8 Å². The van der Waals surface area contributed by atoms with Gasteiger partial charge in [0.1, 0.15) is 10.0 Å². The van der Waals surface area contributed by atoms with Crippen molar-refractivity contribution in [2.75, 3.05) is 25.4 Å². The van der Waals surface area contributed by atoms with Gasteiger partial charge in [-0.25, -0.2) is 13.8 Å².